The molecule has 2 aromatic rings. The monoisotopic (exact) mass is 356 g/mol. The van der Waals surface area contributed by atoms with Crippen LogP contribution in [0, 0.1) is 6.92 Å². The van der Waals surface area contributed by atoms with Crippen LogP contribution in [0.25, 0.3) is 0 Å². The van der Waals surface area contributed by atoms with Crippen LogP contribution in [0.4, 0.5) is 20.3 Å². The van der Waals surface area contributed by atoms with Gasteiger partial charge in [-0.05, 0) is 40.5 Å². The van der Waals surface area contributed by atoms with Crippen LogP contribution in [0.5, 0.6) is 0 Å². The molecule has 0 saturated heterocycles. The summed E-state index contributed by atoms with van der Waals surface area (Å²) in [4.78, 5) is 15.2. The second kappa shape index (κ2) is 6.17. The number of anilines is 2. The van der Waals surface area contributed by atoms with Gasteiger partial charge in [-0.15, -0.1) is 0 Å². The number of nitrogens with zero attached hydrogens (tertiary/aromatic N) is 1. The molecule has 0 bridgehead atoms. The first kappa shape index (κ1) is 15.4. The van der Waals surface area contributed by atoms with Crippen LogP contribution < -0.4 is 5.32 Å². The van der Waals surface area contributed by atoms with Crippen molar-refractivity contribution in [3.8, 4) is 0 Å². The largest absolute Gasteiger partial charge is 0.478 e. The molecule has 0 aliphatic rings. The third-order valence-corrected chi connectivity index (χ3v) is 3.38. The number of hydrogen-bond acceptors (Lipinski definition) is 3. The fourth-order valence-corrected chi connectivity index (χ4v) is 2.19. The van der Waals surface area contributed by atoms with E-state index in [2.05, 4.69) is 26.2 Å². The molecule has 21 heavy (non-hydrogen) atoms. The summed E-state index contributed by atoms with van der Waals surface area (Å²) in [6, 6.07) is 5.80. The lowest BCUT2D eigenvalue weighted by Crippen LogP contribution is -2.06. The second-order valence-corrected chi connectivity index (χ2v) is 5.22. The lowest BCUT2D eigenvalue weighted by Gasteiger charge is -2.14. The Hall–Kier alpha value is -2.02. The molecule has 0 unspecified atom stereocenters. The van der Waals surface area contributed by atoms with Crippen molar-refractivity contribution in [2.45, 2.75) is 13.3 Å². The van der Waals surface area contributed by atoms with E-state index < -0.39 is 12.4 Å². The number of aromatic carboxylic acids is 1. The van der Waals surface area contributed by atoms with Crippen LogP contribution in [0.15, 0.2) is 34.9 Å². The fourth-order valence-electron chi connectivity index (χ4n) is 1.85. The summed E-state index contributed by atoms with van der Waals surface area (Å²) in [5, 5.41) is 12.0. The molecule has 0 saturated carbocycles. The standard InChI is InChI=1S/C14H11BrF2N2O2/c1-7-9(12(16)17)3-2-4-11(7)19-13-10(14(20)21)5-8(15)6-18-13/h2-6,12H,1H3,(H,18,19)(H,20,21). The Balaban J connectivity index is 2.44. The van der Waals surface area contributed by atoms with Crippen LogP contribution in [-0.2, 0) is 0 Å². The summed E-state index contributed by atoms with van der Waals surface area (Å²) in [6.07, 6.45) is -1.16. The number of nitrogens with one attached hydrogen (secondary N) is 1. The van der Waals surface area contributed by atoms with Gasteiger partial charge in [-0.3, -0.25) is 0 Å². The van der Waals surface area contributed by atoms with Gasteiger partial charge in [0.05, 0.1) is 0 Å². The zero-order chi connectivity index (χ0) is 15.6. The van der Waals surface area contributed by atoms with E-state index in [0.717, 1.165) is 0 Å². The Kier molecular flexibility index (Phi) is 4.52. The maximum atomic E-state index is 12.9. The topological polar surface area (TPSA) is 62.2 Å². The van der Waals surface area contributed by atoms with Crippen molar-refractivity contribution in [3.05, 3.63) is 51.6 Å². The third kappa shape index (κ3) is 3.36. The number of halogens is 3. The van der Waals surface area contributed by atoms with Crippen molar-refractivity contribution in [1.29, 1.82) is 0 Å². The Morgan fingerprint density at radius 3 is 2.76 bits per heavy atom. The zero-order valence-corrected chi connectivity index (χ0v) is 12.5. The molecule has 2 N–H and O–H groups in total. The molecule has 0 atom stereocenters. The first-order valence-corrected chi connectivity index (χ1v) is 6.73. The summed E-state index contributed by atoms with van der Waals surface area (Å²) in [5.41, 5.74) is 0.596. The van der Waals surface area contributed by atoms with Gasteiger partial charge < -0.3 is 10.4 Å². The highest BCUT2D eigenvalue weighted by molar-refractivity contribution is 9.10. The number of pyridine rings is 1. The van der Waals surface area contributed by atoms with E-state index in [1.54, 1.807) is 13.0 Å². The van der Waals surface area contributed by atoms with Crippen LogP contribution >= 0.6 is 15.9 Å². The van der Waals surface area contributed by atoms with Crippen molar-refractivity contribution in [3.63, 3.8) is 0 Å². The molecule has 0 radical (unpaired) electrons. The average Bonchev–Trinajstić information content (AvgIpc) is 2.42. The Labute approximate surface area is 128 Å². The number of benzene rings is 1. The molecule has 110 valence electrons. The number of aromatic nitrogens is 1. The minimum Gasteiger partial charge on any atom is -0.478 e. The SMILES string of the molecule is Cc1c(Nc2ncc(Br)cc2C(=O)O)cccc1C(F)F. The Morgan fingerprint density at radius 1 is 1.43 bits per heavy atom. The number of rotatable bonds is 4. The number of carboxylic acid groups (broad SMARTS) is 1. The van der Waals surface area contributed by atoms with E-state index in [1.807, 2.05) is 0 Å². The highest BCUT2D eigenvalue weighted by atomic mass is 79.9. The maximum absolute atomic E-state index is 12.9. The van der Waals surface area contributed by atoms with E-state index in [4.69, 9.17) is 5.11 Å². The van der Waals surface area contributed by atoms with Crippen LogP contribution in [0.2, 0.25) is 0 Å². The quantitative estimate of drug-likeness (QED) is 0.844. The Bertz CT molecular complexity index is 693. The van der Waals surface area contributed by atoms with E-state index in [9.17, 15) is 13.6 Å². The van der Waals surface area contributed by atoms with E-state index in [1.165, 1.54) is 24.4 Å². The first-order valence-electron chi connectivity index (χ1n) is 5.93. The molecule has 0 amide bonds. The molecule has 1 aromatic heterocycles. The van der Waals surface area contributed by atoms with Gasteiger partial charge in [-0.25, -0.2) is 18.6 Å². The van der Waals surface area contributed by atoms with Crippen LogP contribution in [0.1, 0.15) is 27.9 Å². The summed E-state index contributed by atoms with van der Waals surface area (Å²) in [6.45, 7) is 1.54. The molecule has 7 heteroatoms. The van der Waals surface area contributed by atoms with Crippen molar-refractivity contribution >= 4 is 33.4 Å². The van der Waals surface area contributed by atoms with Crippen LogP contribution in [0.3, 0.4) is 0 Å². The van der Waals surface area contributed by atoms with Gasteiger partial charge in [-0.1, -0.05) is 12.1 Å². The first-order chi connectivity index (χ1) is 9.90. The molecule has 0 fully saturated rings. The molecule has 0 spiro atoms. The lowest BCUT2D eigenvalue weighted by atomic mass is 10.1. The minimum atomic E-state index is -2.59. The van der Waals surface area contributed by atoms with Crippen molar-refractivity contribution < 1.29 is 18.7 Å². The summed E-state index contributed by atoms with van der Waals surface area (Å²) < 4.78 is 26.2. The van der Waals surface area contributed by atoms with E-state index in [-0.39, 0.29) is 16.9 Å². The molecule has 1 heterocycles. The molecule has 0 aliphatic heterocycles. The highest BCUT2D eigenvalue weighted by Crippen LogP contribution is 2.30. The summed E-state index contributed by atoms with van der Waals surface area (Å²) in [5.74, 6) is -1.06. The molecular formula is C14H11BrF2N2O2. The van der Waals surface area contributed by atoms with Gasteiger partial charge in [0.25, 0.3) is 6.43 Å². The predicted octanol–water partition coefficient (Wildman–Crippen LogP) is 4.53. The van der Waals surface area contributed by atoms with Crippen molar-refractivity contribution in [2.24, 2.45) is 0 Å². The maximum Gasteiger partial charge on any atom is 0.339 e. The molecule has 0 aliphatic carbocycles. The molecule has 4 nitrogen and oxygen atoms in total. The van der Waals surface area contributed by atoms with Gasteiger partial charge >= 0.3 is 5.97 Å². The number of carboxylic acids is 1. The lowest BCUT2D eigenvalue weighted by molar-refractivity contribution is 0.0697. The summed E-state index contributed by atoms with van der Waals surface area (Å²) >= 11 is 3.14. The predicted molar refractivity (Wildman–Crippen MR) is 78.3 cm³/mol. The average molecular weight is 357 g/mol. The zero-order valence-electron chi connectivity index (χ0n) is 10.9. The van der Waals surface area contributed by atoms with Crippen molar-refractivity contribution in [1.82, 2.24) is 4.98 Å². The minimum absolute atomic E-state index is 0.0498. The van der Waals surface area contributed by atoms with Gasteiger partial charge in [0, 0.05) is 21.9 Å². The van der Waals surface area contributed by atoms with Gasteiger partial charge in [0.15, 0.2) is 0 Å². The van der Waals surface area contributed by atoms with E-state index >= 15 is 0 Å². The summed E-state index contributed by atoms with van der Waals surface area (Å²) in [7, 11) is 0. The molecule has 1 aromatic carbocycles. The fraction of sp³-hybridized carbons (Fsp3) is 0.143. The highest BCUT2D eigenvalue weighted by Gasteiger charge is 2.16. The molecule has 2 rings (SSSR count). The normalized spacial score (nSPS) is 10.7. The van der Waals surface area contributed by atoms with Gasteiger partial charge in [0.1, 0.15) is 11.4 Å². The van der Waals surface area contributed by atoms with Gasteiger partial charge in [-0.2, -0.15) is 0 Å². The number of carbonyl (C=O) groups is 1. The smallest absolute Gasteiger partial charge is 0.339 e. The molecular weight excluding hydrogens is 346 g/mol. The number of alkyl halides is 2. The Morgan fingerprint density at radius 2 is 2.14 bits per heavy atom. The number of hydrogen-bond donors (Lipinski definition) is 2. The van der Waals surface area contributed by atoms with Crippen LogP contribution in [-0.4, -0.2) is 16.1 Å². The van der Waals surface area contributed by atoms with Crippen molar-refractivity contribution in [2.75, 3.05) is 5.32 Å². The third-order valence-electron chi connectivity index (χ3n) is 2.95. The second-order valence-electron chi connectivity index (χ2n) is 4.30. The van der Waals surface area contributed by atoms with Gasteiger partial charge in [0.2, 0.25) is 0 Å². The van der Waals surface area contributed by atoms with E-state index in [0.29, 0.717) is 15.7 Å².